The molecule has 2 aromatic rings. The second-order valence-corrected chi connectivity index (χ2v) is 5.19. The van der Waals surface area contributed by atoms with Crippen molar-refractivity contribution < 1.29 is 4.39 Å². The molecule has 0 aliphatic rings. The highest BCUT2D eigenvalue weighted by Gasteiger charge is 2.02. The Kier molecular flexibility index (Phi) is 3.13. The van der Waals surface area contributed by atoms with Crippen molar-refractivity contribution in [2.45, 2.75) is 0 Å². The molecule has 0 saturated heterocycles. The van der Waals surface area contributed by atoms with E-state index < -0.39 is 0 Å². The number of nitrogens with zero attached hydrogens (tertiary/aromatic N) is 1. The zero-order valence-corrected chi connectivity index (χ0v) is 10.5. The Balaban J connectivity index is 2.24. The first-order valence-corrected chi connectivity index (χ1v) is 5.94. The van der Waals surface area contributed by atoms with Crippen molar-refractivity contribution in [3.8, 4) is 0 Å². The lowest BCUT2D eigenvalue weighted by molar-refractivity contribution is 0.622. The zero-order valence-electron chi connectivity index (χ0n) is 7.25. The van der Waals surface area contributed by atoms with Crippen LogP contribution < -0.4 is 5.32 Å². The van der Waals surface area contributed by atoms with Gasteiger partial charge in [0, 0.05) is 5.69 Å². The fraction of sp³-hybridized carbons (Fsp3) is 0. The molecule has 78 valence electrons. The SMILES string of the molecule is Fc1cc(Nc2n[nH]c(=S)s2)ccc1Br. The maximum absolute atomic E-state index is 13.2. The molecule has 0 amide bonds. The summed E-state index contributed by atoms with van der Waals surface area (Å²) in [7, 11) is 0. The van der Waals surface area contributed by atoms with Gasteiger partial charge in [-0.25, -0.2) is 4.39 Å². The Morgan fingerprint density at radius 3 is 2.93 bits per heavy atom. The third-order valence-corrected chi connectivity index (χ3v) is 3.26. The third-order valence-electron chi connectivity index (χ3n) is 1.61. The first kappa shape index (κ1) is 10.7. The highest BCUT2D eigenvalue weighted by Crippen LogP contribution is 2.23. The molecule has 0 saturated carbocycles. The molecule has 0 atom stereocenters. The minimum Gasteiger partial charge on any atom is -0.330 e. The first-order chi connectivity index (χ1) is 7.15. The van der Waals surface area contributed by atoms with Crippen LogP contribution in [0, 0.1) is 9.77 Å². The van der Waals surface area contributed by atoms with Gasteiger partial charge in [-0.3, -0.25) is 5.10 Å². The minimum absolute atomic E-state index is 0.320. The Morgan fingerprint density at radius 2 is 2.33 bits per heavy atom. The number of nitrogens with one attached hydrogen (secondary N) is 2. The molecule has 3 nitrogen and oxygen atoms in total. The van der Waals surface area contributed by atoms with Crippen LogP contribution in [0.4, 0.5) is 15.2 Å². The van der Waals surface area contributed by atoms with E-state index in [0.717, 1.165) is 0 Å². The molecule has 2 rings (SSSR count). The van der Waals surface area contributed by atoms with Crippen LogP contribution in [0.25, 0.3) is 0 Å². The van der Waals surface area contributed by atoms with Crippen LogP contribution in [0.1, 0.15) is 0 Å². The van der Waals surface area contributed by atoms with Gasteiger partial charge in [0.2, 0.25) is 5.13 Å². The van der Waals surface area contributed by atoms with Gasteiger partial charge in [-0.15, -0.1) is 5.10 Å². The molecule has 7 heteroatoms. The third kappa shape index (κ3) is 2.61. The summed E-state index contributed by atoms with van der Waals surface area (Å²) in [6.45, 7) is 0. The van der Waals surface area contributed by atoms with E-state index in [0.29, 0.717) is 19.2 Å². The molecule has 0 aliphatic heterocycles. The van der Waals surface area contributed by atoms with Gasteiger partial charge >= 0.3 is 0 Å². The van der Waals surface area contributed by atoms with E-state index in [-0.39, 0.29) is 5.82 Å². The molecule has 1 aromatic heterocycles. The molecule has 0 bridgehead atoms. The summed E-state index contributed by atoms with van der Waals surface area (Å²) in [5.74, 6) is -0.320. The molecule has 0 fully saturated rings. The minimum atomic E-state index is -0.320. The van der Waals surface area contributed by atoms with Crippen LogP contribution in [0.3, 0.4) is 0 Å². The van der Waals surface area contributed by atoms with E-state index >= 15 is 0 Å². The van der Waals surface area contributed by atoms with Crippen molar-refractivity contribution in [2.75, 3.05) is 5.32 Å². The Morgan fingerprint density at radius 1 is 1.53 bits per heavy atom. The van der Waals surface area contributed by atoms with E-state index in [2.05, 4.69) is 31.4 Å². The summed E-state index contributed by atoms with van der Waals surface area (Å²) in [5.41, 5.74) is 0.633. The van der Waals surface area contributed by atoms with E-state index in [9.17, 15) is 4.39 Å². The summed E-state index contributed by atoms with van der Waals surface area (Å²) >= 11 is 9.25. The number of rotatable bonds is 2. The smallest absolute Gasteiger partial charge is 0.208 e. The van der Waals surface area contributed by atoms with Gasteiger partial charge in [0.25, 0.3) is 0 Å². The van der Waals surface area contributed by atoms with Gasteiger partial charge in [-0.2, -0.15) is 0 Å². The summed E-state index contributed by atoms with van der Waals surface area (Å²) in [5, 5.41) is 10.1. The van der Waals surface area contributed by atoms with Gasteiger partial charge in [-0.05, 0) is 46.3 Å². The topological polar surface area (TPSA) is 40.7 Å². The average molecular weight is 306 g/mol. The molecule has 0 radical (unpaired) electrons. The van der Waals surface area contributed by atoms with E-state index in [4.69, 9.17) is 12.2 Å². The van der Waals surface area contributed by atoms with Gasteiger partial charge in [0.05, 0.1) is 4.47 Å². The molecule has 1 aromatic carbocycles. The van der Waals surface area contributed by atoms with Crippen molar-refractivity contribution in [2.24, 2.45) is 0 Å². The van der Waals surface area contributed by atoms with Crippen molar-refractivity contribution in [3.05, 3.63) is 32.4 Å². The van der Waals surface area contributed by atoms with E-state index in [1.165, 1.54) is 17.4 Å². The lowest BCUT2D eigenvalue weighted by atomic mass is 10.3. The summed E-state index contributed by atoms with van der Waals surface area (Å²) < 4.78 is 14.2. The normalized spacial score (nSPS) is 10.3. The van der Waals surface area contributed by atoms with Gasteiger partial charge in [-0.1, -0.05) is 11.3 Å². The second-order valence-electron chi connectivity index (χ2n) is 2.67. The Bertz CT molecular complexity index is 537. The average Bonchev–Trinajstić information content (AvgIpc) is 2.58. The van der Waals surface area contributed by atoms with Gasteiger partial charge in [0.15, 0.2) is 3.95 Å². The highest BCUT2D eigenvalue weighted by atomic mass is 79.9. The van der Waals surface area contributed by atoms with Crippen molar-refractivity contribution in [1.29, 1.82) is 0 Å². The number of benzene rings is 1. The van der Waals surface area contributed by atoms with Crippen LogP contribution in [0.5, 0.6) is 0 Å². The summed E-state index contributed by atoms with van der Waals surface area (Å²) in [4.78, 5) is 0. The van der Waals surface area contributed by atoms with E-state index in [1.54, 1.807) is 12.1 Å². The fourth-order valence-electron chi connectivity index (χ4n) is 0.981. The molecular weight excluding hydrogens is 301 g/mol. The number of hydrogen-bond acceptors (Lipinski definition) is 4. The van der Waals surface area contributed by atoms with Gasteiger partial charge in [0.1, 0.15) is 5.82 Å². The molecule has 0 unspecified atom stereocenters. The van der Waals surface area contributed by atoms with Gasteiger partial charge < -0.3 is 5.32 Å². The molecular formula is C8H5BrFN3S2. The zero-order chi connectivity index (χ0) is 10.8. The Hall–Kier alpha value is -0.790. The maximum atomic E-state index is 13.2. The monoisotopic (exact) mass is 305 g/mol. The highest BCUT2D eigenvalue weighted by molar-refractivity contribution is 9.10. The summed E-state index contributed by atoms with van der Waals surface area (Å²) in [6.07, 6.45) is 0. The second kappa shape index (κ2) is 4.38. The number of hydrogen-bond donors (Lipinski definition) is 2. The first-order valence-electron chi connectivity index (χ1n) is 3.93. The van der Waals surface area contributed by atoms with E-state index in [1.807, 2.05) is 0 Å². The molecule has 0 aliphatic carbocycles. The van der Waals surface area contributed by atoms with Crippen molar-refractivity contribution >= 4 is 50.3 Å². The number of H-pyrrole nitrogens is 1. The van der Waals surface area contributed by atoms with Crippen LogP contribution >= 0.6 is 39.5 Å². The lowest BCUT2D eigenvalue weighted by Crippen LogP contribution is -1.90. The standard InChI is InChI=1S/C8H5BrFN3S2/c9-5-2-1-4(3-6(5)10)11-7-12-13-8(14)15-7/h1-3H,(H,11,12)(H,13,14). The van der Waals surface area contributed by atoms with Crippen molar-refractivity contribution in [1.82, 2.24) is 10.2 Å². The maximum Gasteiger partial charge on any atom is 0.208 e. The predicted molar refractivity (Wildman–Crippen MR) is 64.7 cm³/mol. The molecule has 0 spiro atoms. The number of aromatic nitrogens is 2. The van der Waals surface area contributed by atoms with Crippen LogP contribution in [-0.2, 0) is 0 Å². The fourth-order valence-corrected chi connectivity index (χ4v) is 2.04. The van der Waals surface area contributed by atoms with Crippen LogP contribution in [-0.4, -0.2) is 10.2 Å². The van der Waals surface area contributed by atoms with Crippen molar-refractivity contribution in [3.63, 3.8) is 0 Å². The number of aromatic amines is 1. The molecule has 15 heavy (non-hydrogen) atoms. The number of anilines is 2. The molecule has 1 heterocycles. The molecule has 2 N–H and O–H groups in total. The number of halogens is 2. The largest absolute Gasteiger partial charge is 0.330 e. The quantitative estimate of drug-likeness (QED) is 0.828. The lowest BCUT2D eigenvalue weighted by Gasteiger charge is -2.02. The van der Waals surface area contributed by atoms with Crippen LogP contribution in [0.15, 0.2) is 22.7 Å². The Labute approximate surface area is 102 Å². The predicted octanol–water partition coefficient (Wildman–Crippen LogP) is 3.85. The van der Waals surface area contributed by atoms with Crippen LogP contribution in [0.2, 0.25) is 0 Å². The summed E-state index contributed by atoms with van der Waals surface area (Å²) in [6, 6.07) is 4.76.